The Hall–Kier alpha value is -0.430. The third-order valence-electron chi connectivity index (χ3n) is 4.18. The Kier molecular flexibility index (Phi) is 5.69. The van der Waals surface area contributed by atoms with Crippen molar-refractivity contribution in [3.63, 3.8) is 0 Å². The van der Waals surface area contributed by atoms with Crippen LogP contribution in [0.2, 0.25) is 0 Å². The van der Waals surface area contributed by atoms with Gasteiger partial charge in [0.25, 0.3) is 0 Å². The fourth-order valence-electron chi connectivity index (χ4n) is 2.65. The van der Waals surface area contributed by atoms with Gasteiger partial charge >= 0.3 is 0 Å². The van der Waals surface area contributed by atoms with Gasteiger partial charge in [0.05, 0.1) is 11.9 Å². The fourth-order valence-corrected chi connectivity index (χ4v) is 5.24. The monoisotopic (exact) mass is 345 g/mol. The van der Waals surface area contributed by atoms with Gasteiger partial charge in [-0.1, -0.05) is 20.8 Å². The molecule has 0 aliphatic heterocycles. The van der Waals surface area contributed by atoms with E-state index in [4.69, 9.17) is 0 Å². The molecule has 4 nitrogen and oxygen atoms in total. The van der Waals surface area contributed by atoms with Gasteiger partial charge in [-0.25, -0.2) is 13.1 Å². The van der Waals surface area contributed by atoms with E-state index in [0.29, 0.717) is 19.3 Å². The Labute approximate surface area is 138 Å². The summed E-state index contributed by atoms with van der Waals surface area (Å²) in [6.45, 7) is 6.48. The maximum Gasteiger partial charge on any atom is 0.212 e. The molecule has 22 heavy (non-hydrogen) atoms. The third kappa shape index (κ3) is 5.33. The number of nitrogens with one attached hydrogen (secondary N) is 1. The largest absolute Gasteiger partial charge is 0.393 e. The minimum absolute atomic E-state index is 0.0122. The summed E-state index contributed by atoms with van der Waals surface area (Å²) in [6, 6.07) is 2.11. The van der Waals surface area contributed by atoms with E-state index in [-0.39, 0.29) is 23.3 Å². The van der Waals surface area contributed by atoms with E-state index in [2.05, 4.69) is 36.9 Å². The zero-order valence-electron chi connectivity index (χ0n) is 13.6. The molecule has 1 saturated carbocycles. The van der Waals surface area contributed by atoms with Crippen LogP contribution in [0.1, 0.15) is 56.9 Å². The summed E-state index contributed by atoms with van der Waals surface area (Å²) in [6.07, 6.45) is 3.13. The zero-order valence-corrected chi connectivity index (χ0v) is 15.3. The summed E-state index contributed by atoms with van der Waals surface area (Å²) in [5, 5.41) is 11.6. The summed E-state index contributed by atoms with van der Waals surface area (Å²) in [4.78, 5) is 1.12. The van der Waals surface area contributed by atoms with Gasteiger partial charge in [0, 0.05) is 10.9 Å². The first-order valence-electron chi connectivity index (χ1n) is 7.92. The van der Waals surface area contributed by atoms with E-state index >= 15 is 0 Å². The van der Waals surface area contributed by atoms with Crippen molar-refractivity contribution in [2.75, 3.05) is 5.75 Å². The minimum Gasteiger partial charge on any atom is -0.393 e. The van der Waals surface area contributed by atoms with Crippen LogP contribution in [0.3, 0.4) is 0 Å². The molecule has 1 aliphatic rings. The molecule has 1 aliphatic carbocycles. The van der Waals surface area contributed by atoms with Gasteiger partial charge < -0.3 is 5.11 Å². The molecule has 0 amide bonds. The first-order valence-corrected chi connectivity index (χ1v) is 10.4. The first-order chi connectivity index (χ1) is 10.2. The van der Waals surface area contributed by atoms with Crippen LogP contribution in [-0.2, 0) is 21.9 Å². The predicted octanol–water partition coefficient (Wildman–Crippen LogP) is 2.81. The van der Waals surface area contributed by atoms with Gasteiger partial charge in [-0.15, -0.1) is 11.3 Å². The molecule has 0 unspecified atom stereocenters. The number of hydrogen-bond acceptors (Lipinski definition) is 4. The van der Waals surface area contributed by atoms with Gasteiger partial charge in [-0.3, -0.25) is 0 Å². The quantitative estimate of drug-likeness (QED) is 0.862. The molecule has 0 radical (unpaired) electrons. The highest BCUT2D eigenvalue weighted by Crippen LogP contribution is 2.27. The molecule has 0 saturated heterocycles. The average molecular weight is 346 g/mol. The summed E-state index contributed by atoms with van der Waals surface area (Å²) in [5.74, 6) is 0.135. The van der Waals surface area contributed by atoms with Crippen molar-refractivity contribution in [2.24, 2.45) is 0 Å². The van der Waals surface area contributed by atoms with E-state index < -0.39 is 10.0 Å². The molecule has 126 valence electrons. The lowest BCUT2D eigenvalue weighted by Gasteiger charge is -2.25. The highest BCUT2D eigenvalue weighted by Gasteiger charge is 2.24. The van der Waals surface area contributed by atoms with Crippen molar-refractivity contribution in [3.8, 4) is 0 Å². The minimum atomic E-state index is -3.25. The number of aliphatic hydroxyl groups is 1. The Morgan fingerprint density at radius 3 is 2.45 bits per heavy atom. The van der Waals surface area contributed by atoms with Crippen LogP contribution < -0.4 is 4.72 Å². The van der Waals surface area contributed by atoms with Gasteiger partial charge in [0.1, 0.15) is 0 Å². The van der Waals surface area contributed by atoms with Crippen LogP contribution >= 0.6 is 11.3 Å². The Bertz CT molecular complexity index is 579. The van der Waals surface area contributed by atoms with Crippen molar-refractivity contribution < 1.29 is 13.5 Å². The Morgan fingerprint density at radius 1 is 1.27 bits per heavy atom. The number of rotatable bonds is 5. The van der Waals surface area contributed by atoms with E-state index in [1.165, 1.54) is 5.56 Å². The van der Waals surface area contributed by atoms with Crippen LogP contribution in [-0.4, -0.2) is 31.4 Å². The second kappa shape index (κ2) is 6.99. The predicted molar refractivity (Wildman–Crippen MR) is 91.9 cm³/mol. The van der Waals surface area contributed by atoms with Gasteiger partial charge in [0.2, 0.25) is 10.0 Å². The molecular weight excluding hydrogens is 318 g/mol. The van der Waals surface area contributed by atoms with E-state index in [1.807, 2.05) is 0 Å². The highest BCUT2D eigenvalue weighted by atomic mass is 32.2. The van der Waals surface area contributed by atoms with Crippen molar-refractivity contribution in [1.29, 1.82) is 0 Å². The van der Waals surface area contributed by atoms with E-state index in [9.17, 15) is 13.5 Å². The van der Waals surface area contributed by atoms with Gasteiger partial charge in [0.15, 0.2) is 0 Å². The SMILES string of the molecule is CC(C)(C)c1csc(CCS(=O)(=O)NC2CCC(O)CC2)c1. The Balaban J connectivity index is 1.86. The maximum absolute atomic E-state index is 12.2. The van der Waals surface area contributed by atoms with Crippen molar-refractivity contribution in [2.45, 2.75) is 70.4 Å². The van der Waals surface area contributed by atoms with Crippen molar-refractivity contribution in [1.82, 2.24) is 4.72 Å². The number of thiophene rings is 1. The molecule has 2 N–H and O–H groups in total. The zero-order chi connectivity index (χ0) is 16.4. The van der Waals surface area contributed by atoms with Crippen LogP contribution in [0.25, 0.3) is 0 Å². The number of aliphatic hydroxyl groups excluding tert-OH is 1. The second-order valence-electron chi connectivity index (χ2n) is 7.24. The Morgan fingerprint density at radius 2 is 1.91 bits per heavy atom. The average Bonchev–Trinajstić information content (AvgIpc) is 2.88. The van der Waals surface area contributed by atoms with Gasteiger partial charge in [-0.2, -0.15) is 0 Å². The van der Waals surface area contributed by atoms with Crippen LogP contribution in [0.5, 0.6) is 0 Å². The third-order valence-corrected chi connectivity index (χ3v) is 6.61. The maximum atomic E-state index is 12.2. The van der Waals surface area contributed by atoms with E-state index in [0.717, 1.165) is 17.7 Å². The van der Waals surface area contributed by atoms with Crippen LogP contribution in [0, 0.1) is 0 Å². The fraction of sp³-hybridized carbons (Fsp3) is 0.750. The van der Waals surface area contributed by atoms with Crippen LogP contribution in [0.4, 0.5) is 0 Å². The highest BCUT2D eigenvalue weighted by molar-refractivity contribution is 7.89. The summed E-state index contributed by atoms with van der Waals surface area (Å²) < 4.78 is 27.2. The number of aryl methyl sites for hydroxylation is 1. The molecule has 0 atom stereocenters. The lowest BCUT2D eigenvalue weighted by molar-refractivity contribution is 0.120. The molecule has 1 fully saturated rings. The lowest BCUT2D eigenvalue weighted by atomic mass is 9.89. The van der Waals surface area contributed by atoms with Crippen LogP contribution in [0.15, 0.2) is 11.4 Å². The molecule has 6 heteroatoms. The summed E-state index contributed by atoms with van der Waals surface area (Å²) >= 11 is 1.64. The lowest BCUT2D eigenvalue weighted by Crippen LogP contribution is -2.39. The standard InChI is InChI=1S/C16H27NO3S2/c1-16(2,3)12-10-15(21-11-12)8-9-22(19,20)17-13-4-6-14(18)7-5-13/h10-11,13-14,17-18H,4-9H2,1-3H3. The second-order valence-corrected chi connectivity index (χ2v) is 10.1. The molecule has 1 heterocycles. The summed E-state index contributed by atoms with van der Waals surface area (Å²) in [7, 11) is -3.25. The van der Waals surface area contributed by atoms with E-state index in [1.54, 1.807) is 11.3 Å². The van der Waals surface area contributed by atoms with Crippen molar-refractivity contribution >= 4 is 21.4 Å². The molecule has 0 bridgehead atoms. The smallest absolute Gasteiger partial charge is 0.212 e. The molecular formula is C16H27NO3S2. The molecule has 1 aromatic rings. The molecule has 0 aromatic carbocycles. The molecule has 1 aromatic heterocycles. The number of sulfonamides is 1. The summed E-state index contributed by atoms with van der Waals surface area (Å²) in [5.41, 5.74) is 1.37. The first kappa shape index (κ1) is 17.9. The molecule has 0 spiro atoms. The van der Waals surface area contributed by atoms with Gasteiger partial charge in [-0.05, 0) is 54.5 Å². The normalized spacial score (nSPS) is 23.6. The number of hydrogen-bond donors (Lipinski definition) is 2. The van der Waals surface area contributed by atoms with Crippen molar-refractivity contribution in [3.05, 3.63) is 21.9 Å². The molecule has 2 rings (SSSR count). The topological polar surface area (TPSA) is 66.4 Å².